The Morgan fingerprint density at radius 2 is 1.81 bits per heavy atom. The lowest BCUT2D eigenvalue weighted by atomic mass is 9.76. The molecule has 2 fully saturated rings. The van der Waals surface area contributed by atoms with Crippen LogP contribution in [0.5, 0.6) is 11.5 Å². The number of aromatic amines is 1. The quantitative estimate of drug-likeness (QED) is 0.261. The smallest absolute Gasteiger partial charge is 0.325 e. The van der Waals surface area contributed by atoms with Gasteiger partial charge in [-0.3, -0.25) is 19.7 Å². The van der Waals surface area contributed by atoms with Crippen LogP contribution in [0.4, 0.5) is 5.69 Å². The number of methoxy groups -OCH3 is 2. The number of carbonyl (C=O) groups is 3. The first-order valence-electron chi connectivity index (χ1n) is 13.5. The first-order valence-corrected chi connectivity index (χ1v) is 13.9. The number of anilines is 1. The van der Waals surface area contributed by atoms with Gasteiger partial charge in [0, 0.05) is 45.7 Å². The molecule has 3 N–H and O–H groups in total. The molecule has 4 atom stereocenters. The molecule has 6 rings (SSSR count). The lowest BCUT2D eigenvalue weighted by Crippen LogP contribution is -2.57. The van der Waals surface area contributed by atoms with E-state index in [4.69, 9.17) is 21.1 Å². The van der Waals surface area contributed by atoms with Crippen LogP contribution in [0.15, 0.2) is 60.8 Å². The van der Waals surface area contributed by atoms with E-state index in [1.807, 2.05) is 38.1 Å². The first-order chi connectivity index (χ1) is 20.1. The molecule has 2 saturated heterocycles. The molecule has 0 saturated carbocycles. The number of nitrogens with one attached hydrogen (secondary N) is 2. The molecule has 2 aliphatic heterocycles. The summed E-state index contributed by atoms with van der Waals surface area (Å²) in [6, 6.07) is 15.2. The van der Waals surface area contributed by atoms with E-state index in [1.165, 1.54) is 7.11 Å². The highest BCUT2D eigenvalue weighted by atomic mass is 35.5. The average molecular weight is 588 g/mol. The van der Waals surface area contributed by atoms with Crippen LogP contribution in [0.3, 0.4) is 0 Å². The lowest BCUT2D eigenvalue weighted by Gasteiger charge is -2.31. The summed E-state index contributed by atoms with van der Waals surface area (Å²) in [4.78, 5) is 46.2. The number of nitrogens with zero attached hydrogens (tertiary/aromatic N) is 1. The largest absolute Gasteiger partial charge is 0.496 e. The van der Waals surface area contributed by atoms with Crippen molar-refractivity contribution >= 4 is 46.0 Å². The molecule has 0 aliphatic carbocycles. The number of benzene rings is 3. The molecule has 216 valence electrons. The molecule has 3 heterocycles. The number of H-pyrrole nitrogens is 1. The fraction of sp³-hybridized carbons (Fsp3) is 0.281. The molecule has 42 heavy (non-hydrogen) atoms. The van der Waals surface area contributed by atoms with Crippen LogP contribution in [-0.2, 0) is 20.8 Å². The Kier molecular flexibility index (Phi) is 6.74. The minimum Gasteiger partial charge on any atom is -0.496 e. The maximum absolute atomic E-state index is 14.3. The van der Waals surface area contributed by atoms with E-state index in [9.17, 15) is 19.5 Å². The van der Waals surface area contributed by atoms with Crippen LogP contribution < -0.4 is 19.7 Å². The van der Waals surface area contributed by atoms with E-state index >= 15 is 0 Å². The number of imide groups is 1. The topological polar surface area (TPSA) is 121 Å². The van der Waals surface area contributed by atoms with Crippen LogP contribution in [-0.4, -0.2) is 47.6 Å². The molecule has 0 bridgehead atoms. The molecular formula is C32H30ClN3O6. The summed E-state index contributed by atoms with van der Waals surface area (Å²) >= 11 is 6.39. The van der Waals surface area contributed by atoms with Crippen molar-refractivity contribution in [2.45, 2.75) is 31.8 Å². The van der Waals surface area contributed by atoms with Crippen molar-refractivity contribution in [2.75, 3.05) is 19.1 Å². The summed E-state index contributed by atoms with van der Waals surface area (Å²) in [5.41, 5.74) is 2.10. The maximum Gasteiger partial charge on any atom is 0.325 e. The number of ether oxygens (including phenoxy) is 2. The monoisotopic (exact) mass is 587 g/mol. The fourth-order valence-corrected chi connectivity index (χ4v) is 6.86. The number of hydrogen-bond donors (Lipinski definition) is 3. The minimum absolute atomic E-state index is 0.0387. The van der Waals surface area contributed by atoms with Gasteiger partial charge < -0.3 is 19.6 Å². The van der Waals surface area contributed by atoms with Crippen LogP contribution in [0.1, 0.15) is 28.3 Å². The normalized spacial score (nSPS) is 23.5. The molecule has 2 amide bonds. The van der Waals surface area contributed by atoms with Gasteiger partial charge in [-0.15, -0.1) is 0 Å². The van der Waals surface area contributed by atoms with E-state index in [1.54, 1.807) is 43.6 Å². The maximum atomic E-state index is 14.3. The Labute approximate surface area is 247 Å². The number of amides is 2. The zero-order valence-corrected chi connectivity index (χ0v) is 24.3. The van der Waals surface area contributed by atoms with Gasteiger partial charge in [-0.05, 0) is 49.2 Å². The van der Waals surface area contributed by atoms with E-state index in [0.29, 0.717) is 33.3 Å². The van der Waals surface area contributed by atoms with Gasteiger partial charge in [0.1, 0.15) is 17.0 Å². The van der Waals surface area contributed by atoms with Gasteiger partial charge in [0.15, 0.2) is 0 Å². The number of halogens is 1. The Balaban J connectivity index is 1.55. The SMILES string of the molecule is COc1ccc(C2NC(Cc3c[nH]c4ccccc34)(C(=O)O)C3C(=O)N(c4ccc(C)c(Cl)c4)C(=O)C23)c(OC)c1C. The molecule has 1 aromatic heterocycles. The molecule has 0 radical (unpaired) electrons. The third-order valence-electron chi connectivity index (χ3n) is 8.74. The predicted molar refractivity (Wildman–Crippen MR) is 158 cm³/mol. The first kappa shape index (κ1) is 27.8. The number of aliphatic carboxylic acids is 1. The summed E-state index contributed by atoms with van der Waals surface area (Å²) < 4.78 is 11.3. The molecular weight excluding hydrogens is 558 g/mol. The van der Waals surface area contributed by atoms with Crippen LogP contribution >= 0.6 is 11.6 Å². The molecule has 9 nitrogen and oxygen atoms in total. The van der Waals surface area contributed by atoms with Gasteiger partial charge in [-0.2, -0.15) is 0 Å². The number of para-hydroxylation sites is 1. The predicted octanol–water partition coefficient (Wildman–Crippen LogP) is 4.97. The highest BCUT2D eigenvalue weighted by Gasteiger charge is 2.69. The molecule has 4 unspecified atom stereocenters. The number of carbonyl (C=O) groups excluding carboxylic acids is 2. The fourth-order valence-electron chi connectivity index (χ4n) is 6.69. The summed E-state index contributed by atoms with van der Waals surface area (Å²) in [5, 5.41) is 15.5. The summed E-state index contributed by atoms with van der Waals surface area (Å²) in [7, 11) is 3.06. The van der Waals surface area contributed by atoms with Gasteiger partial charge in [0.05, 0.1) is 31.7 Å². The van der Waals surface area contributed by atoms with Crippen molar-refractivity contribution < 1.29 is 29.0 Å². The third kappa shape index (κ3) is 3.99. The lowest BCUT2D eigenvalue weighted by molar-refractivity contribution is -0.148. The van der Waals surface area contributed by atoms with Gasteiger partial charge in [-0.1, -0.05) is 41.9 Å². The summed E-state index contributed by atoms with van der Waals surface area (Å²) in [6.45, 7) is 3.65. The van der Waals surface area contributed by atoms with Gasteiger partial charge >= 0.3 is 5.97 Å². The van der Waals surface area contributed by atoms with Crippen LogP contribution in [0.2, 0.25) is 5.02 Å². The second kappa shape index (κ2) is 10.2. The van der Waals surface area contributed by atoms with Crippen molar-refractivity contribution in [3.63, 3.8) is 0 Å². The average Bonchev–Trinajstić information content (AvgIpc) is 3.62. The highest BCUT2D eigenvalue weighted by molar-refractivity contribution is 6.32. The van der Waals surface area contributed by atoms with Crippen molar-refractivity contribution in [1.29, 1.82) is 0 Å². The van der Waals surface area contributed by atoms with E-state index in [-0.39, 0.29) is 6.42 Å². The van der Waals surface area contributed by atoms with Gasteiger partial charge in [-0.25, -0.2) is 4.90 Å². The van der Waals surface area contributed by atoms with Crippen molar-refractivity contribution in [3.8, 4) is 11.5 Å². The van der Waals surface area contributed by atoms with Crippen LogP contribution in [0.25, 0.3) is 10.9 Å². The number of aryl methyl sites for hydroxylation is 1. The van der Waals surface area contributed by atoms with Gasteiger partial charge in [0.25, 0.3) is 0 Å². The third-order valence-corrected chi connectivity index (χ3v) is 9.15. The van der Waals surface area contributed by atoms with Crippen molar-refractivity contribution in [2.24, 2.45) is 11.8 Å². The number of fused-ring (bicyclic) bond motifs is 2. The Hall–Kier alpha value is -4.34. The van der Waals surface area contributed by atoms with E-state index in [2.05, 4.69) is 10.3 Å². The van der Waals surface area contributed by atoms with E-state index < -0.39 is 41.2 Å². The number of carboxylic acids is 1. The number of rotatable bonds is 7. The summed E-state index contributed by atoms with van der Waals surface area (Å²) in [5.74, 6) is -3.52. The standard InChI is InChI=1S/C32H30ClN3O6/c1-16-9-10-19(13-22(16)33)36-29(37)25-26(30(36)38)32(31(39)40,14-18-15-34-23-8-6-5-7-20(18)23)35-27(25)21-11-12-24(41-3)17(2)28(21)42-4/h5-13,15,25-27,34-35H,14H2,1-4H3,(H,39,40). The van der Waals surface area contributed by atoms with Crippen molar-refractivity contribution in [1.82, 2.24) is 10.3 Å². The highest BCUT2D eigenvalue weighted by Crippen LogP contribution is 2.53. The number of carboxylic acid groups (broad SMARTS) is 1. The zero-order valence-electron chi connectivity index (χ0n) is 23.5. The Morgan fingerprint density at radius 1 is 1.05 bits per heavy atom. The summed E-state index contributed by atoms with van der Waals surface area (Å²) in [6.07, 6.45) is 1.72. The molecule has 4 aromatic rings. The van der Waals surface area contributed by atoms with Crippen LogP contribution in [0, 0.1) is 25.7 Å². The van der Waals surface area contributed by atoms with Gasteiger partial charge in [0.2, 0.25) is 11.8 Å². The number of hydrogen-bond acceptors (Lipinski definition) is 6. The molecule has 3 aromatic carbocycles. The Morgan fingerprint density at radius 3 is 2.50 bits per heavy atom. The number of aromatic nitrogens is 1. The van der Waals surface area contributed by atoms with Crippen molar-refractivity contribution in [3.05, 3.63) is 88.1 Å². The molecule has 10 heteroatoms. The zero-order chi connectivity index (χ0) is 29.9. The Bertz CT molecular complexity index is 1770. The minimum atomic E-state index is -1.81. The molecule has 0 spiro atoms. The molecule has 2 aliphatic rings. The van der Waals surface area contributed by atoms with E-state index in [0.717, 1.165) is 26.9 Å². The second-order valence-electron chi connectivity index (χ2n) is 10.9. The second-order valence-corrected chi connectivity index (χ2v) is 11.3.